The van der Waals surface area contributed by atoms with Crippen molar-refractivity contribution >= 4 is 5.91 Å². The topological polar surface area (TPSA) is 23.6 Å². The van der Waals surface area contributed by atoms with Gasteiger partial charge in [-0.25, -0.2) is 0 Å². The summed E-state index contributed by atoms with van der Waals surface area (Å²) < 4.78 is 0. The maximum atomic E-state index is 11.7. The van der Waals surface area contributed by atoms with Crippen molar-refractivity contribution in [1.82, 2.24) is 9.80 Å². The third-order valence-electron chi connectivity index (χ3n) is 5.02. The molecule has 0 aromatic heterocycles. The van der Waals surface area contributed by atoms with E-state index in [0.29, 0.717) is 12.1 Å². The van der Waals surface area contributed by atoms with Crippen LogP contribution < -0.4 is 0 Å². The van der Waals surface area contributed by atoms with Gasteiger partial charge in [-0.3, -0.25) is 9.69 Å². The van der Waals surface area contributed by atoms with Gasteiger partial charge in [-0.05, 0) is 45.1 Å². The largest absolute Gasteiger partial charge is 0.338 e. The van der Waals surface area contributed by atoms with Crippen LogP contribution in [0.4, 0.5) is 0 Å². The van der Waals surface area contributed by atoms with Crippen molar-refractivity contribution in [2.45, 2.75) is 76.4 Å². The van der Waals surface area contributed by atoms with E-state index in [9.17, 15) is 4.79 Å². The zero-order valence-electron chi connectivity index (χ0n) is 11.6. The van der Waals surface area contributed by atoms with Gasteiger partial charge in [-0.15, -0.1) is 0 Å². The van der Waals surface area contributed by atoms with Crippen LogP contribution in [0.2, 0.25) is 0 Å². The highest BCUT2D eigenvalue weighted by Crippen LogP contribution is 2.33. The van der Waals surface area contributed by atoms with Crippen molar-refractivity contribution in [3.05, 3.63) is 0 Å². The zero-order chi connectivity index (χ0) is 12.5. The summed E-state index contributed by atoms with van der Waals surface area (Å²) in [6.45, 7) is 4.01. The maximum absolute atomic E-state index is 11.7. The number of likely N-dealkylation sites (tertiary alicyclic amines) is 1. The molecule has 1 unspecified atom stereocenters. The summed E-state index contributed by atoms with van der Waals surface area (Å²) in [6, 6.07) is 2.05. The molecule has 1 amide bonds. The van der Waals surface area contributed by atoms with Gasteiger partial charge in [0.05, 0.1) is 0 Å². The second kappa shape index (κ2) is 5.20. The maximum Gasteiger partial charge on any atom is 0.219 e. The van der Waals surface area contributed by atoms with Gasteiger partial charge in [0.25, 0.3) is 0 Å². The van der Waals surface area contributed by atoms with E-state index in [1.54, 1.807) is 6.92 Å². The van der Waals surface area contributed by atoms with Crippen LogP contribution in [0.25, 0.3) is 0 Å². The molecule has 0 bridgehead atoms. The first-order valence-electron chi connectivity index (χ1n) is 7.78. The first-order chi connectivity index (χ1) is 8.75. The molecule has 2 saturated carbocycles. The average molecular weight is 250 g/mol. The molecule has 0 radical (unpaired) electrons. The molecule has 0 N–H and O–H groups in total. The first-order valence-corrected chi connectivity index (χ1v) is 7.78. The van der Waals surface area contributed by atoms with E-state index in [2.05, 4.69) is 9.80 Å². The van der Waals surface area contributed by atoms with E-state index < -0.39 is 0 Å². The van der Waals surface area contributed by atoms with Gasteiger partial charge >= 0.3 is 0 Å². The minimum absolute atomic E-state index is 0.288. The molecule has 0 spiro atoms. The minimum atomic E-state index is 0.288. The van der Waals surface area contributed by atoms with Gasteiger partial charge in [-0.2, -0.15) is 0 Å². The van der Waals surface area contributed by atoms with Crippen molar-refractivity contribution in [3.8, 4) is 0 Å². The molecule has 18 heavy (non-hydrogen) atoms. The predicted octanol–water partition coefficient (Wildman–Crippen LogP) is 2.40. The molecular formula is C15H26N2O. The summed E-state index contributed by atoms with van der Waals surface area (Å²) in [7, 11) is 0. The van der Waals surface area contributed by atoms with Crippen molar-refractivity contribution in [3.63, 3.8) is 0 Å². The standard InChI is InChI=1S/C15H26N2O/c1-12(18)17(14-8-9-14)11-15-7-4-10-16(15)13-5-2-3-6-13/h13-15H,2-11H2,1H3. The number of hydrogen-bond acceptors (Lipinski definition) is 2. The van der Waals surface area contributed by atoms with Crippen molar-refractivity contribution in [2.24, 2.45) is 0 Å². The van der Waals surface area contributed by atoms with Gasteiger partial charge in [0.2, 0.25) is 5.91 Å². The molecular weight excluding hydrogens is 224 g/mol. The Bertz CT molecular complexity index is 308. The molecule has 1 saturated heterocycles. The van der Waals surface area contributed by atoms with E-state index in [1.165, 1.54) is 57.9 Å². The number of nitrogens with zero attached hydrogens (tertiary/aromatic N) is 2. The van der Waals surface area contributed by atoms with Crippen LogP contribution in [0.5, 0.6) is 0 Å². The Morgan fingerprint density at radius 2 is 1.83 bits per heavy atom. The Hall–Kier alpha value is -0.570. The number of hydrogen-bond donors (Lipinski definition) is 0. The second-order valence-corrected chi connectivity index (χ2v) is 6.37. The SMILES string of the molecule is CC(=O)N(CC1CCCN1C1CCCC1)C1CC1. The normalized spacial score (nSPS) is 29.9. The zero-order valence-corrected chi connectivity index (χ0v) is 11.6. The van der Waals surface area contributed by atoms with Crippen LogP contribution in [0, 0.1) is 0 Å². The average Bonchev–Trinajstić information content (AvgIpc) is 2.88. The van der Waals surface area contributed by atoms with Crippen molar-refractivity contribution < 1.29 is 4.79 Å². The van der Waals surface area contributed by atoms with E-state index in [1.807, 2.05) is 0 Å². The Labute approximate surface area is 111 Å². The van der Waals surface area contributed by atoms with E-state index in [0.717, 1.165) is 12.6 Å². The highest BCUT2D eigenvalue weighted by atomic mass is 16.2. The fraction of sp³-hybridized carbons (Fsp3) is 0.933. The highest BCUT2D eigenvalue weighted by molar-refractivity contribution is 5.74. The first kappa shape index (κ1) is 12.5. The Morgan fingerprint density at radius 1 is 1.11 bits per heavy atom. The molecule has 3 heteroatoms. The number of carbonyl (C=O) groups excluding carboxylic acids is 1. The van der Waals surface area contributed by atoms with Crippen LogP contribution in [0.1, 0.15) is 58.3 Å². The molecule has 1 aliphatic heterocycles. The summed E-state index contributed by atoms with van der Waals surface area (Å²) in [4.78, 5) is 16.6. The Balaban J connectivity index is 1.61. The van der Waals surface area contributed by atoms with E-state index >= 15 is 0 Å². The molecule has 1 atom stereocenters. The van der Waals surface area contributed by atoms with Crippen LogP contribution >= 0.6 is 0 Å². The second-order valence-electron chi connectivity index (χ2n) is 6.37. The molecule has 3 aliphatic rings. The fourth-order valence-electron chi connectivity index (χ4n) is 3.92. The molecule has 3 fully saturated rings. The quantitative estimate of drug-likeness (QED) is 0.765. The van der Waals surface area contributed by atoms with Gasteiger partial charge < -0.3 is 4.90 Å². The van der Waals surface area contributed by atoms with Crippen molar-refractivity contribution in [1.29, 1.82) is 0 Å². The number of amides is 1. The Morgan fingerprint density at radius 3 is 2.44 bits per heavy atom. The Kier molecular flexibility index (Phi) is 3.60. The summed E-state index contributed by atoms with van der Waals surface area (Å²) in [5, 5.41) is 0. The van der Waals surface area contributed by atoms with Crippen LogP contribution in [-0.2, 0) is 4.79 Å². The predicted molar refractivity (Wildman–Crippen MR) is 72.4 cm³/mol. The molecule has 2 aliphatic carbocycles. The lowest BCUT2D eigenvalue weighted by Gasteiger charge is -2.34. The molecule has 102 valence electrons. The molecule has 1 heterocycles. The third kappa shape index (κ3) is 2.56. The molecule has 3 nitrogen and oxygen atoms in total. The lowest BCUT2D eigenvalue weighted by Crippen LogP contribution is -2.46. The lowest BCUT2D eigenvalue weighted by atomic mass is 10.1. The van der Waals surface area contributed by atoms with Crippen LogP contribution in [0.3, 0.4) is 0 Å². The van der Waals surface area contributed by atoms with Crippen molar-refractivity contribution in [2.75, 3.05) is 13.1 Å². The van der Waals surface area contributed by atoms with Gasteiger partial charge in [0.15, 0.2) is 0 Å². The summed E-state index contributed by atoms with van der Waals surface area (Å²) in [5.74, 6) is 0.288. The van der Waals surface area contributed by atoms with Gasteiger partial charge in [0.1, 0.15) is 0 Å². The van der Waals surface area contributed by atoms with Crippen LogP contribution in [-0.4, -0.2) is 46.9 Å². The smallest absolute Gasteiger partial charge is 0.219 e. The third-order valence-corrected chi connectivity index (χ3v) is 5.02. The summed E-state index contributed by atoms with van der Waals surface area (Å²) >= 11 is 0. The molecule has 3 rings (SSSR count). The van der Waals surface area contributed by atoms with Gasteiger partial charge in [0, 0.05) is 31.6 Å². The molecule has 0 aromatic carbocycles. The number of carbonyl (C=O) groups is 1. The molecule has 0 aromatic rings. The highest BCUT2D eigenvalue weighted by Gasteiger charge is 2.37. The van der Waals surface area contributed by atoms with E-state index in [-0.39, 0.29) is 5.91 Å². The van der Waals surface area contributed by atoms with Gasteiger partial charge in [-0.1, -0.05) is 12.8 Å². The lowest BCUT2D eigenvalue weighted by molar-refractivity contribution is -0.130. The number of rotatable bonds is 4. The summed E-state index contributed by atoms with van der Waals surface area (Å²) in [5.41, 5.74) is 0. The fourth-order valence-corrected chi connectivity index (χ4v) is 3.92. The minimum Gasteiger partial charge on any atom is -0.338 e. The van der Waals surface area contributed by atoms with Crippen LogP contribution in [0.15, 0.2) is 0 Å². The monoisotopic (exact) mass is 250 g/mol. The van der Waals surface area contributed by atoms with E-state index in [4.69, 9.17) is 0 Å². The summed E-state index contributed by atoms with van der Waals surface area (Å²) in [6.07, 6.45) is 10.7.